The maximum atomic E-state index is 15.2. The van der Waals surface area contributed by atoms with E-state index in [2.05, 4.69) is 151 Å². The summed E-state index contributed by atoms with van der Waals surface area (Å²) in [6.45, 7) is 26.6. The molecule has 13 aromatic rings. The number of pyridine rings is 1. The van der Waals surface area contributed by atoms with Crippen LogP contribution in [0.3, 0.4) is 0 Å². The van der Waals surface area contributed by atoms with Crippen molar-refractivity contribution < 1.29 is 62.7 Å². The number of benzene rings is 7. The molecule has 6 aromatic heterocycles. The summed E-state index contributed by atoms with van der Waals surface area (Å²) in [6, 6.07) is 34.0. The molecular weight excluding hydrogens is 2020 g/mol. The van der Waals surface area contributed by atoms with Crippen LogP contribution in [0.2, 0.25) is 25.1 Å². The topological polar surface area (TPSA) is 431 Å². The fourth-order valence-corrected chi connectivity index (χ4v) is 22.5. The van der Waals surface area contributed by atoms with E-state index in [9.17, 15) is 53.9 Å². The Labute approximate surface area is 894 Å². The van der Waals surface area contributed by atoms with E-state index >= 15 is 8.78 Å². The third kappa shape index (κ3) is 26.3. The third-order valence-corrected chi connectivity index (χ3v) is 32.1. The van der Waals surface area contributed by atoms with Gasteiger partial charge in [0, 0.05) is 163 Å². The summed E-state index contributed by atoms with van der Waals surface area (Å²) in [4.78, 5) is 75.0. The van der Waals surface area contributed by atoms with Gasteiger partial charge < -0.3 is 71.3 Å². The molecule has 5 atom stereocenters. The zero-order chi connectivity index (χ0) is 108. The highest BCUT2D eigenvalue weighted by molar-refractivity contribution is 6.33. The van der Waals surface area contributed by atoms with Crippen LogP contribution in [0, 0.1) is 100 Å². The molecule has 39 heteroatoms. The average Bonchev–Trinajstić information content (AvgIpc) is 1.46. The number of urea groups is 4. The average molecular weight is 2150 g/mol. The van der Waals surface area contributed by atoms with Gasteiger partial charge in [0.1, 0.15) is 17.6 Å². The van der Waals surface area contributed by atoms with Gasteiger partial charge in [-0.3, -0.25) is 30.3 Å². The van der Waals surface area contributed by atoms with Gasteiger partial charge >= 0.3 is 24.1 Å². The number of anilines is 2. The number of aliphatic hydroxyl groups excluding tert-OH is 5. The van der Waals surface area contributed by atoms with Crippen molar-refractivity contribution >= 4 is 154 Å². The van der Waals surface area contributed by atoms with Crippen LogP contribution in [0.4, 0.5) is 43.7 Å². The van der Waals surface area contributed by atoms with Crippen LogP contribution in [0.5, 0.6) is 0 Å². The molecular formula is C111H129Cl5F3N21O10. The van der Waals surface area contributed by atoms with Gasteiger partial charge in [-0.25, -0.2) is 37.3 Å². The molecule has 0 aliphatic carbocycles. The second-order valence-corrected chi connectivity index (χ2v) is 44.0. The van der Waals surface area contributed by atoms with Crippen molar-refractivity contribution in [3.8, 4) is 30.8 Å². The van der Waals surface area contributed by atoms with E-state index in [1.165, 1.54) is 23.2 Å². The van der Waals surface area contributed by atoms with Crippen LogP contribution in [0.1, 0.15) is 214 Å². The summed E-state index contributed by atoms with van der Waals surface area (Å²) < 4.78 is 44.2. The predicted octanol–water partition coefficient (Wildman–Crippen LogP) is 21.9. The van der Waals surface area contributed by atoms with E-state index in [0.29, 0.717) is 130 Å². The van der Waals surface area contributed by atoms with E-state index in [4.69, 9.17) is 76.1 Å². The molecule has 5 fully saturated rings. The molecule has 9 amide bonds. The van der Waals surface area contributed by atoms with E-state index in [0.717, 1.165) is 124 Å². The summed E-state index contributed by atoms with van der Waals surface area (Å²) in [5.41, 5.74) is 8.29. The number of nitriles is 1. The lowest BCUT2D eigenvalue weighted by atomic mass is 9.68. The Hall–Kier alpha value is -12.8. The van der Waals surface area contributed by atoms with Crippen molar-refractivity contribution in [2.24, 2.45) is 51.2 Å². The van der Waals surface area contributed by atoms with Crippen molar-refractivity contribution in [1.82, 2.24) is 91.1 Å². The van der Waals surface area contributed by atoms with E-state index in [1.54, 1.807) is 125 Å². The Bertz CT molecular complexity index is 7050. The molecule has 794 valence electrons. The van der Waals surface area contributed by atoms with Crippen molar-refractivity contribution in [2.45, 2.75) is 183 Å². The number of rotatable bonds is 22. The molecule has 0 radical (unpaired) electrons. The third-order valence-electron chi connectivity index (χ3n) is 31.0. The molecule has 150 heavy (non-hydrogen) atoms. The molecule has 18 rings (SSSR count). The first-order chi connectivity index (χ1) is 71.4. The number of fused-ring (bicyclic) bond motifs is 5. The van der Waals surface area contributed by atoms with Crippen LogP contribution in [0.25, 0.3) is 54.5 Å². The van der Waals surface area contributed by atoms with E-state index in [-0.39, 0.29) is 114 Å². The molecule has 14 N–H and O–H groups in total. The maximum Gasteiger partial charge on any atom is 0.321 e. The highest BCUT2D eigenvalue weighted by Gasteiger charge is 2.51. The van der Waals surface area contributed by atoms with Crippen LogP contribution in [-0.2, 0) is 11.2 Å². The lowest BCUT2D eigenvalue weighted by Crippen LogP contribution is -2.47. The normalized spacial score (nSPS) is 16.5. The second kappa shape index (κ2) is 49.1. The number of H-pyrrole nitrogens is 5. The molecule has 5 aliphatic rings. The van der Waals surface area contributed by atoms with Gasteiger partial charge in [-0.15, -0.1) is 12.8 Å². The van der Waals surface area contributed by atoms with E-state index in [1.807, 2.05) is 42.2 Å². The number of hydrogen-bond donors (Lipinski definition) is 14. The lowest BCUT2D eigenvalue weighted by molar-refractivity contribution is -0.164. The molecule has 7 aromatic carbocycles. The molecule has 0 bridgehead atoms. The zero-order valence-electron chi connectivity index (χ0n) is 85.5. The molecule has 0 spiro atoms. The summed E-state index contributed by atoms with van der Waals surface area (Å²) in [6.07, 6.45) is 23.0. The van der Waals surface area contributed by atoms with Gasteiger partial charge in [0.05, 0.1) is 119 Å². The summed E-state index contributed by atoms with van der Waals surface area (Å²) in [5.74, 6) is 0.757. The van der Waals surface area contributed by atoms with Gasteiger partial charge in [-0.2, -0.15) is 30.8 Å². The monoisotopic (exact) mass is 2150 g/mol. The Kier molecular flexibility index (Phi) is 37.0. The van der Waals surface area contributed by atoms with Gasteiger partial charge in [0.2, 0.25) is 5.91 Å². The van der Waals surface area contributed by atoms with Gasteiger partial charge in [0.25, 0.3) is 5.92 Å². The standard InChI is InChI=1S/2C24H26ClN5O2.C23H23ClF3N3O2.C20H29ClN4O2.C20H25ClN4O2/c1-24(2,22(31)20-12-18(25)11-16-14-27-29-21(16)20)17-6-8-30(9-7-17)23(32)28-19-5-3-4-15(10-19)13-26;1-4-18-5-6-19(14-26-18)28-23(32)30-9-7-16(8-10-30)24(2,3)22(31)20-12-17(25)11-15-13-27-29-21(15)20;1-13-2-3-14(8-19(13)25)9-20(31)30-6-4-16(5-7-30)23(26,27)22(32)18-11-17(24)10-15-12-28-29-21(15)18;2*1-4-7-22-19(27)25-8-5-14(6-9-25)20(2,3)18(26)16-11-15(21)10-13-12-23-24-17(13)16/h3-5,10-12,14,17,22,31H,6-9H2,1-2H3,(H,27,29)(H,28,32);1,5-6,11-14,16,22,31H,7-10H2,2-3H3,(H,27,29)(H,28,32);2-3,8,10-12,16,22,32H,4-7,9H2,1H3,(H,28,29);10-12,14,18,26H,4-9H2,1-3H3,(H,22,27)(H,23,24);1,10-12,14,18,26H,5-9H2,2-3H3,(H,22,27)(H,23,24)/t22-;;22-;2*18-/m1.111/s1. The maximum absolute atomic E-state index is 15.2. The number of carbonyl (C=O) groups is 5. The number of nitrogens with zero attached hydrogens (tertiary/aromatic N) is 12. The number of aryl methyl sites for hydroxylation is 1. The number of halogens is 8. The number of aliphatic hydroxyl groups is 5. The number of hydrogen-bond acceptors (Lipinski definition) is 17. The fraction of sp³-hybridized carbons (Fsp3) is 0.441. The number of alkyl halides is 2. The van der Waals surface area contributed by atoms with Crippen molar-refractivity contribution in [3.63, 3.8) is 0 Å². The van der Waals surface area contributed by atoms with Gasteiger partial charge in [0.15, 0.2) is 0 Å². The fourth-order valence-electron chi connectivity index (χ4n) is 21.3. The quantitative estimate of drug-likeness (QED) is 0.0280. The van der Waals surface area contributed by atoms with Crippen LogP contribution < -0.4 is 21.3 Å². The van der Waals surface area contributed by atoms with Crippen molar-refractivity contribution in [1.29, 1.82) is 5.26 Å². The number of nitrogens with one attached hydrogen (secondary N) is 9. The molecule has 11 heterocycles. The second-order valence-electron chi connectivity index (χ2n) is 41.8. The van der Waals surface area contributed by atoms with Crippen molar-refractivity contribution in [3.05, 3.63) is 234 Å². The first-order valence-electron chi connectivity index (χ1n) is 50.4. The minimum atomic E-state index is -3.42. The molecule has 1 unspecified atom stereocenters. The van der Waals surface area contributed by atoms with Crippen LogP contribution in [0.15, 0.2) is 152 Å². The summed E-state index contributed by atoms with van der Waals surface area (Å²) in [5, 5.41) is 117. The number of aromatic amines is 5. The zero-order valence-corrected chi connectivity index (χ0v) is 89.3. The van der Waals surface area contributed by atoms with Crippen LogP contribution in [-0.4, -0.2) is 220 Å². The summed E-state index contributed by atoms with van der Waals surface area (Å²) in [7, 11) is 0. The molecule has 0 saturated carbocycles. The Morgan fingerprint density at radius 3 is 1.09 bits per heavy atom. The first-order valence-corrected chi connectivity index (χ1v) is 52.3. The predicted molar refractivity (Wildman–Crippen MR) is 579 cm³/mol. The highest BCUT2D eigenvalue weighted by Crippen LogP contribution is 2.53. The molecule has 5 saturated heterocycles. The Balaban J connectivity index is 0.000000148. The molecule has 5 aliphatic heterocycles. The largest absolute Gasteiger partial charge is 0.388 e. The van der Waals surface area contributed by atoms with Gasteiger partial charge in [-0.1, -0.05) is 150 Å². The Morgan fingerprint density at radius 1 is 0.433 bits per heavy atom. The number of aromatic nitrogens is 11. The van der Waals surface area contributed by atoms with Gasteiger partial charge in [-0.05, 0) is 231 Å². The first kappa shape index (κ1) is 113. The lowest BCUT2D eigenvalue weighted by Gasteiger charge is -2.43. The van der Waals surface area contributed by atoms with E-state index < -0.39 is 53.2 Å². The van der Waals surface area contributed by atoms with Crippen LogP contribution >= 0.6 is 58.0 Å². The smallest absolute Gasteiger partial charge is 0.321 e. The highest BCUT2D eigenvalue weighted by atomic mass is 35.5. The minimum absolute atomic E-state index is 0.00472. The number of likely N-dealkylation sites (tertiary alicyclic amines) is 5. The summed E-state index contributed by atoms with van der Waals surface area (Å²) >= 11 is 31.1. The Morgan fingerprint density at radius 2 is 0.767 bits per heavy atom. The minimum Gasteiger partial charge on any atom is -0.388 e. The SMILES string of the molecule is C#CCNC(=O)N1CCC(C(C)(C)[C@H](O)c2cc(Cl)cc3cn[nH]c23)CC1.C#Cc1ccc(NC(=O)N2CCC(C(C)(C)C(O)c3cc(Cl)cc4cn[nH]c34)CC2)cn1.CC(C)(C1CCN(C(=O)Nc2cccc(C#N)c2)CC1)[C@H](O)c1cc(Cl)cc2cn[nH]c12.CCCNC(=O)N1CCC(C(C)(C)[C@H](O)c2cc(Cl)cc3cn[nH]c23)CC1.Cc1ccc(CC(=O)N2CCC(C(F)(F)[C@H](O)c3cc(Cl)cc4cn[nH]c34)CC2)cc1F. The molecule has 31 nitrogen and oxygen atoms in total. The number of terminal acetylenes is 2. The number of carbonyl (C=O) groups excluding carboxylic acids is 5. The van der Waals surface area contributed by atoms with Crippen molar-refractivity contribution in [2.75, 3.05) is 89.2 Å². The number of piperidine rings is 5. The number of amides is 9.